The van der Waals surface area contributed by atoms with Crippen molar-refractivity contribution in [2.75, 3.05) is 18.5 Å². The Bertz CT molecular complexity index is 1700. The number of hydrogen-bond acceptors (Lipinski definition) is 7. The molecule has 6 rings (SSSR count). The molecule has 0 bridgehead atoms. The van der Waals surface area contributed by atoms with Crippen molar-refractivity contribution in [2.45, 2.75) is 32.4 Å². The van der Waals surface area contributed by atoms with Crippen molar-refractivity contribution < 1.29 is 4.74 Å². The summed E-state index contributed by atoms with van der Waals surface area (Å²) in [7, 11) is 0. The molecule has 1 N–H and O–H groups in total. The van der Waals surface area contributed by atoms with Crippen LogP contribution in [0.1, 0.15) is 24.1 Å². The van der Waals surface area contributed by atoms with E-state index in [2.05, 4.69) is 20.3 Å². The van der Waals surface area contributed by atoms with Gasteiger partial charge in [0.25, 0.3) is 5.56 Å². The SMILES string of the molecule is Cc1cncc(-c2ccc(-c3cc4cnc(NC5CCOCC5)nc4n(Cc4ccccc4)c3=O)c(Cl)c2)n1. The van der Waals surface area contributed by atoms with E-state index in [0.717, 1.165) is 40.7 Å². The summed E-state index contributed by atoms with van der Waals surface area (Å²) in [6.45, 7) is 3.68. The molecule has 1 aliphatic rings. The maximum Gasteiger partial charge on any atom is 0.260 e. The van der Waals surface area contributed by atoms with Gasteiger partial charge in [-0.05, 0) is 37.5 Å². The van der Waals surface area contributed by atoms with Gasteiger partial charge in [-0.15, -0.1) is 0 Å². The summed E-state index contributed by atoms with van der Waals surface area (Å²) < 4.78 is 7.17. The lowest BCUT2D eigenvalue weighted by Crippen LogP contribution is -2.29. The molecule has 2 aromatic carbocycles. The zero-order chi connectivity index (χ0) is 26.8. The number of rotatable bonds is 6. The number of hydrogen-bond donors (Lipinski definition) is 1. The number of aryl methyl sites for hydroxylation is 1. The number of ether oxygens (including phenoxy) is 1. The highest BCUT2D eigenvalue weighted by Crippen LogP contribution is 2.31. The summed E-state index contributed by atoms with van der Waals surface area (Å²) in [6, 6.07) is 17.5. The lowest BCUT2D eigenvalue weighted by Gasteiger charge is -2.23. The average molecular weight is 539 g/mol. The van der Waals surface area contributed by atoms with E-state index in [4.69, 9.17) is 21.3 Å². The molecule has 0 spiro atoms. The van der Waals surface area contributed by atoms with Crippen molar-refractivity contribution in [3.8, 4) is 22.4 Å². The molecule has 0 aliphatic carbocycles. The number of fused-ring (bicyclic) bond motifs is 1. The van der Waals surface area contributed by atoms with Crippen LogP contribution in [0.25, 0.3) is 33.4 Å². The van der Waals surface area contributed by atoms with Crippen LogP contribution >= 0.6 is 11.6 Å². The second-order valence-electron chi connectivity index (χ2n) is 9.68. The zero-order valence-corrected chi connectivity index (χ0v) is 22.2. The van der Waals surface area contributed by atoms with Crippen LogP contribution in [-0.4, -0.2) is 43.8 Å². The molecular formula is C30H27ClN6O2. The second kappa shape index (κ2) is 10.9. The molecular weight excluding hydrogens is 512 g/mol. The Morgan fingerprint density at radius 2 is 1.82 bits per heavy atom. The van der Waals surface area contributed by atoms with Gasteiger partial charge >= 0.3 is 0 Å². The molecule has 0 amide bonds. The first-order chi connectivity index (χ1) is 19.0. The van der Waals surface area contributed by atoms with E-state index in [0.29, 0.717) is 47.5 Å². The molecule has 9 heteroatoms. The van der Waals surface area contributed by atoms with Crippen molar-refractivity contribution in [1.82, 2.24) is 24.5 Å². The molecule has 1 aliphatic heterocycles. The smallest absolute Gasteiger partial charge is 0.260 e. The van der Waals surface area contributed by atoms with Crippen molar-refractivity contribution in [1.29, 1.82) is 0 Å². The van der Waals surface area contributed by atoms with Gasteiger partial charge in [-0.25, -0.2) is 9.97 Å². The Morgan fingerprint density at radius 1 is 1.00 bits per heavy atom. The molecule has 196 valence electrons. The first kappa shape index (κ1) is 25.2. The Morgan fingerprint density at radius 3 is 2.59 bits per heavy atom. The maximum absolute atomic E-state index is 14.0. The fourth-order valence-corrected chi connectivity index (χ4v) is 5.14. The molecule has 0 saturated carbocycles. The Balaban J connectivity index is 1.45. The van der Waals surface area contributed by atoms with Crippen molar-refractivity contribution in [2.24, 2.45) is 0 Å². The maximum atomic E-state index is 14.0. The predicted molar refractivity (Wildman–Crippen MR) is 153 cm³/mol. The van der Waals surface area contributed by atoms with Gasteiger partial charge in [0.05, 0.1) is 24.1 Å². The lowest BCUT2D eigenvalue weighted by molar-refractivity contribution is 0.0903. The van der Waals surface area contributed by atoms with E-state index in [1.54, 1.807) is 23.2 Å². The standard InChI is InChI=1S/C30H27ClN6O2/c1-19-15-32-17-27(34-19)21-7-8-24(26(31)14-21)25-13-22-16-33-30(35-23-9-11-39-12-10-23)36-28(22)37(29(25)38)18-20-5-3-2-4-6-20/h2-8,13-17,23H,9-12,18H2,1H3,(H,33,35,36). The molecule has 4 heterocycles. The molecule has 5 aromatic rings. The highest BCUT2D eigenvalue weighted by Gasteiger charge is 2.19. The van der Waals surface area contributed by atoms with E-state index in [9.17, 15) is 4.79 Å². The topological polar surface area (TPSA) is 94.8 Å². The van der Waals surface area contributed by atoms with E-state index in [-0.39, 0.29) is 11.6 Å². The van der Waals surface area contributed by atoms with Gasteiger partial charge in [0.1, 0.15) is 5.65 Å². The molecule has 3 aromatic heterocycles. The average Bonchev–Trinajstić information content (AvgIpc) is 2.96. The number of halogens is 1. The Hall–Kier alpha value is -4.14. The van der Waals surface area contributed by atoms with Crippen LogP contribution in [0.4, 0.5) is 5.95 Å². The van der Waals surface area contributed by atoms with Crippen molar-refractivity contribution in [3.63, 3.8) is 0 Å². The minimum absolute atomic E-state index is 0.174. The third-order valence-corrected chi connectivity index (χ3v) is 7.19. The normalized spacial score (nSPS) is 14.0. The van der Waals surface area contributed by atoms with Crippen LogP contribution in [0.3, 0.4) is 0 Å². The van der Waals surface area contributed by atoms with Crippen LogP contribution in [-0.2, 0) is 11.3 Å². The largest absolute Gasteiger partial charge is 0.381 e. The monoisotopic (exact) mass is 538 g/mol. The van der Waals surface area contributed by atoms with E-state index in [1.165, 1.54) is 0 Å². The highest BCUT2D eigenvalue weighted by molar-refractivity contribution is 6.33. The second-order valence-corrected chi connectivity index (χ2v) is 10.1. The predicted octanol–water partition coefficient (Wildman–Crippen LogP) is 5.52. The molecule has 1 fully saturated rings. The number of aromatic nitrogens is 5. The van der Waals surface area contributed by atoms with Crippen LogP contribution in [0.5, 0.6) is 0 Å². The molecule has 0 atom stereocenters. The summed E-state index contributed by atoms with van der Waals surface area (Å²) in [4.78, 5) is 32.2. The Kier molecular flexibility index (Phi) is 7.04. The van der Waals surface area contributed by atoms with Crippen molar-refractivity contribution >= 4 is 28.6 Å². The number of pyridine rings is 1. The van der Waals surface area contributed by atoms with Gasteiger partial charge in [-0.2, -0.15) is 4.98 Å². The van der Waals surface area contributed by atoms with Gasteiger partial charge in [0, 0.05) is 58.7 Å². The van der Waals surface area contributed by atoms with E-state index < -0.39 is 0 Å². The van der Waals surface area contributed by atoms with Crippen LogP contribution in [0.2, 0.25) is 5.02 Å². The summed E-state index contributed by atoms with van der Waals surface area (Å²) in [5, 5.41) is 4.62. The summed E-state index contributed by atoms with van der Waals surface area (Å²) in [5.41, 5.74) is 4.89. The molecule has 0 radical (unpaired) electrons. The summed E-state index contributed by atoms with van der Waals surface area (Å²) in [6.07, 6.45) is 6.94. The van der Waals surface area contributed by atoms with Crippen LogP contribution in [0.15, 0.2) is 78.0 Å². The van der Waals surface area contributed by atoms with Gasteiger partial charge in [-0.3, -0.25) is 14.3 Å². The fraction of sp³-hybridized carbons (Fsp3) is 0.233. The first-order valence-electron chi connectivity index (χ1n) is 12.9. The van der Waals surface area contributed by atoms with Gasteiger partial charge in [0.2, 0.25) is 5.95 Å². The number of nitrogens with one attached hydrogen (secondary N) is 1. The highest BCUT2D eigenvalue weighted by atomic mass is 35.5. The van der Waals surface area contributed by atoms with E-state index >= 15 is 0 Å². The molecule has 8 nitrogen and oxygen atoms in total. The quantitative estimate of drug-likeness (QED) is 0.304. The lowest BCUT2D eigenvalue weighted by atomic mass is 10.0. The Labute approximate surface area is 230 Å². The molecule has 39 heavy (non-hydrogen) atoms. The van der Waals surface area contributed by atoms with Gasteiger partial charge in [0.15, 0.2) is 0 Å². The number of anilines is 1. The van der Waals surface area contributed by atoms with E-state index in [1.807, 2.05) is 61.5 Å². The minimum Gasteiger partial charge on any atom is -0.381 e. The fourth-order valence-electron chi connectivity index (χ4n) is 4.85. The van der Waals surface area contributed by atoms with Gasteiger partial charge in [-0.1, -0.05) is 54.1 Å². The first-order valence-corrected chi connectivity index (χ1v) is 13.3. The minimum atomic E-state index is -0.174. The van der Waals surface area contributed by atoms with Crippen LogP contribution < -0.4 is 10.9 Å². The van der Waals surface area contributed by atoms with Crippen LogP contribution in [0, 0.1) is 6.92 Å². The number of benzene rings is 2. The third kappa shape index (κ3) is 5.39. The summed E-state index contributed by atoms with van der Waals surface area (Å²) >= 11 is 6.78. The molecule has 1 saturated heterocycles. The zero-order valence-electron chi connectivity index (χ0n) is 21.5. The number of nitrogens with zero attached hydrogens (tertiary/aromatic N) is 5. The summed E-state index contributed by atoms with van der Waals surface area (Å²) in [5.74, 6) is 0.505. The molecule has 0 unspecified atom stereocenters. The third-order valence-electron chi connectivity index (χ3n) is 6.88. The van der Waals surface area contributed by atoms with Gasteiger partial charge < -0.3 is 10.1 Å². The van der Waals surface area contributed by atoms with Crippen molar-refractivity contribution in [3.05, 3.63) is 99.8 Å².